The van der Waals surface area contributed by atoms with Crippen LogP contribution in [0, 0.1) is 5.92 Å². The molecule has 0 saturated heterocycles. The van der Waals surface area contributed by atoms with Gasteiger partial charge in [-0.15, -0.1) is 0 Å². The second-order valence-corrected chi connectivity index (χ2v) is 4.02. The molecule has 1 saturated carbocycles. The molecule has 0 aliphatic heterocycles. The minimum atomic E-state index is -2.10. The van der Waals surface area contributed by atoms with E-state index >= 15 is 0 Å². The van der Waals surface area contributed by atoms with Gasteiger partial charge in [0, 0.05) is 5.82 Å². The van der Waals surface area contributed by atoms with Gasteiger partial charge >= 0.3 is 7.27 Å². The molecule has 1 aliphatic rings. The largest absolute Gasteiger partial charge is 0.541 e. The van der Waals surface area contributed by atoms with Crippen LogP contribution in [0.4, 0.5) is 8.63 Å². The van der Waals surface area contributed by atoms with E-state index in [4.69, 9.17) is 0 Å². The highest BCUT2D eigenvalue weighted by molar-refractivity contribution is 6.46. The fourth-order valence-corrected chi connectivity index (χ4v) is 1.91. The zero-order valence-corrected chi connectivity index (χ0v) is 8.00. The molecule has 0 N–H and O–H groups in total. The maximum absolute atomic E-state index is 12.2. The molecule has 1 aromatic carbocycles. The van der Waals surface area contributed by atoms with Crippen molar-refractivity contribution < 1.29 is 8.63 Å². The van der Waals surface area contributed by atoms with Gasteiger partial charge in [-0.2, -0.15) is 0 Å². The van der Waals surface area contributed by atoms with Gasteiger partial charge in [0.2, 0.25) is 0 Å². The molecule has 0 bridgehead atoms. The van der Waals surface area contributed by atoms with Gasteiger partial charge in [0.05, 0.1) is 0 Å². The van der Waals surface area contributed by atoms with Crippen molar-refractivity contribution in [3.05, 3.63) is 35.9 Å². The molecule has 0 aromatic heterocycles. The molecule has 1 unspecified atom stereocenters. The van der Waals surface area contributed by atoms with E-state index in [1.165, 1.54) is 5.56 Å². The Morgan fingerprint density at radius 1 is 1.21 bits per heavy atom. The molecule has 0 amide bonds. The minimum Gasteiger partial charge on any atom is -0.287 e. The van der Waals surface area contributed by atoms with Crippen LogP contribution in [0.25, 0.3) is 0 Å². The van der Waals surface area contributed by atoms with E-state index in [0.29, 0.717) is 0 Å². The van der Waals surface area contributed by atoms with Gasteiger partial charge in [-0.25, -0.2) is 0 Å². The number of rotatable bonds is 4. The van der Waals surface area contributed by atoms with Gasteiger partial charge in [0.1, 0.15) is 0 Å². The first-order valence-corrected chi connectivity index (χ1v) is 5.09. The molecule has 2 rings (SSSR count). The molecular formula is C11H13BF2. The summed E-state index contributed by atoms with van der Waals surface area (Å²) in [5.41, 5.74) is 1.26. The number of benzene rings is 1. The summed E-state index contributed by atoms with van der Waals surface area (Å²) in [6.07, 6.45) is 2.58. The molecule has 2 atom stereocenters. The zero-order chi connectivity index (χ0) is 9.97. The predicted octanol–water partition coefficient (Wildman–Crippen LogP) is 3.44. The summed E-state index contributed by atoms with van der Waals surface area (Å²) >= 11 is 0. The van der Waals surface area contributed by atoms with Gasteiger partial charge in [0.25, 0.3) is 0 Å². The average Bonchev–Trinajstić information content (AvgIpc) is 2.96. The molecule has 0 heterocycles. The van der Waals surface area contributed by atoms with Crippen molar-refractivity contribution in [2.45, 2.75) is 25.1 Å². The Morgan fingerprint density at radius 3 is 2.50 bits per heavy atom. The molecule has 1 aliphatic carbocycles. The maximum atomic E-state index is 12.2. The van der Waals surface area contributed by atoms with Gasteiger partial charge in [0.15, 0.2) is 0 Å². The van der Waals surface area contributed by atoms with Crippen molar-refractivity contribution in [3.63, 3.8) is 0 Å². The monoisotopic (exact) mass is 194 g/mol. The third kappa shape index (κ3) is 2.34. The third-order valence-corrected chi connectivity index (χ3v) is 2.95. The molecule has 74 valence electrons. The molecule has 1 fully saturated rings. The number of hydrogen-bond donors (Lipinski definition) is 0. The van der Waals surface area contributed by atoms with Gasteiger partial charge < -0.3 is 0 Å². The lowest BCUT2D eigenvalue weighted by Crippen LogP contribution is -1.97. The molecule has 0 radical (unpaired) electrons. The zero-order valence-electron chi connectivity index (χ0n) is 8.00. The van der Waals surface area contributed by atoms with Crippen LogP contribution in [-0.4, -0.2) is 7.27 Å². The van der Waals surface area contributed by atoms with E-state index in [-0.39, 0.29) is 11.7 Å². The van der Waals surface area contributed by atoms with E-state index < -0.39 is 7.27 Å². The second-order valence-electron chi connectivity index (χ2n) is 4.02. The average molecular weight is 194 g/mol. The second kappa shape index (κ2) is 4.12. The van der Waals surface area contributed by atoms with E-state index in [0.717, 1.165) is 19.3 Å². The summed E-state index contributed by atoms with van der Waals surface area (Å²) in [5, 5.41) is 0. The van der Waals surface area contributed by atoms with Crippen LogP contribution < -0.4 is 0 Å². The van der Waals surface area contributed by atoms with Crippen LogP contribution in [0.1, 0.15) is 18.4 Å². The Kier molecular flexibility index (Phi) is 2.85. The summed E-state index contributed by atoms with van der Waals surface area (Å²) in [6, 6.07) is 10.1. The summed E-state index contributed by atoms with van der Waals surface area (Å²) in [7, 11) is -2.10. The molecule has 14 heavy (non-hydrogen) atoms. The topological polar surface area (TPSA) is 0 Å². The van der Waals surface area contributed by atoms with Crippen molar-refractivity contribution in [2.24, 2.45) is 5.92 Å². The van der Waals surface area contributed by atoms with Crippen molar-refractivity contribution >= 4 is 7.27 Å². The number of hydrogen-bond acceptors (Lipinski definition) is 0. The van der Waals surface area contributed by atoms with Crippen LogP contribution >= 0.6 is 0 Å². The predicted molar refractivity (Wildman–Crippen MR) is 54.6 cm³/mol. The first-order chi connectivity index (χ1) is 6.77. The lowest BCUT2D eigenvalue weighted by Gasteiger charge is -1.99. The Bertz CT molecular complexity index is 287. The van der Waals surface area contributed by atoms with E-state index in [9.17, 15) is 8.63 Å². The highest BCUT2D eigenvalue weighted by Gasteiger charge is 2.47. The first kappa shape index (κ1) is 9.69. The molecule has 1 aromatic rings. The fraction of sp³-hybridized carbons (Fsp3) is 0.455. The highest BCUT2D eigenvalue weighted by Crippen LogP contribution is 2.50. The first-order valence-electron chi connectivity index (χ1n) is 5.09. The number of aryl methyl sites for hydroxylation is 1. The maximum Gasteiger partial charge on any atom is 0.541 e. The van der Waals surface area contributed by atoms with Crippen LogP contribution in [0.2, 0.25) is 5.82 Å². The van der Waals surface area contributed by atoms with Crippen LogP contribution in [0.5, 0.6) is 0 Å². The highest BCUT2D eigenvalue weighted by atomic mass is 19.2. The molecule has 0 spiro atoms. The van der Waals surface area contributed by atoms with Crippen LogP contribution in [-0.2, 0) is 6.42 Å². The van der Waals surface area contributed by atoms with E-state index in [1.54, 1.807) is 0 Å². The Balaban J connectivity index is 1.75. The van der Waals surface area contributed by atoms with E-state index in [1.807, 2.05) is 18.2 Å². The van der Waals surface area contributed by atoms with Gasteiger partial charge in [-0.1, -0.05) is 30.3 Å². The summed E-state index contributed by atoms with van der Waals surface area (Å²) in [5.74, 6) is -0.0334. The fourth-order valence-electron chi connectivity index (χ4n) is 1.91. The van der Waals surface area contributed by atoms with Crippen molar-refractivity contribution in [3.8, 4) is 0 Å². The standard InChI is InChI=1S/C11H13BF2/c13-12(14)11-8-10(11)7-6-9-4-2-1-3-5-9/h1-5,10-11H,6-8H2/t10?,11-/m1/s1. The van der Waals surface area contributed by atoms with Crippen molar-refractivity contribution in [1.29, 1.82) is 0 Å². The lowest BCUT2D eigenvalue weighted by atomic mass is 9.87. The summed E-state index contributed by atoms with van der Waals surface area (Å²) in [6.45, 7) is 0. The molecular weight excluding hydrogens is 181 g/mol. The van der Waals surface area contributed by atoms with Gasteiger partial charge in [-0.3, -0.25) is 8.63 Å². The summed E-state index contributed by atoms with van der Waals surface area (Å²) < 4.78 is 24.4. The van der Waals surface area contributed by atoms with Gasteiger partial charge in [-0.05, 0) is 30.7 Å². The van der Waals surface area contributed by atoms with Crippen molar-refractivity contribution in [1.82, 2.24) is 0 Å². The van der Waals surface area contributed by atoms with E-state index in [2.05, 4.69) is 12.1 Å². The lowest BCUT2D eigenvalue weighted by molar-refractivity contribution is 0.627. The Morgan fingerprint density at radius 2 is 1.93 bits per heavy atom. The Hall–Kier alpha value is -0.855. The number of halogens is 2. The minimum absolute atomic E-state index is 0.273. The van der Waals surface area contributed by atoms with Crippen LogP contribution in [0.15, 0.2) is 30.3 Å². The van der Waals surface area contributed by atoms with Crippen LogP contribution in [0.3, 0.4) is 0 Å². The molecule has 3 heteroatoms. The SMILES string of the molecule is FB(F)[C@@H]1CC1CCc1ccccc1. The summed E-state index contributed by atoms with van der Waals surface area (Å²) in [4.78, 5) is 0. The van der Waals surface area contributed by atoms with Crippen molar-refractivity contribution in [2.75, 3.05) is 0 Å². The quantitative estimate of drug-likeness (QED) is 0.644. The molecule has 0 nitrogen and oxygen atoms in total. The Labute approximate surface area is 83.5 Å². The third-order valence-electron chi connectivity index (χ3n) is 2.95. The smallest absolute Gasteiger partial charge is 0.287 e. The normalized spacial score (nSPS) is 24.7.